The zero-order valence-corrected chi connectivity index (χ0v) is 10.1. The maximum atomic E-state index is 13.6. The van der Waals surface area contributed by atoms with Crippen LogP contribution in [0.5, 0.6) is 0 Å². The number of para-hydroxylation sites is 1. The quantitative estimate of drug-likeness (QED) is 0.820. The van der Waals surface area contributed by atoms with E-state index in [-0.39, 0.29) is 10.9 Å². The van der Waals surface area contributed by atoms with Crippen LogP contribution in [0.25, 0.3) is 5.69 Å². The van der Waals surface area contributed by atoms with Gasteiger partial charge in [-0.15, -0.1) is 5.10 Å². The number of aliphatic carboxylic acids is 1. The number of halogens is 2. The van der Waals surface area contributed by atoms with Crippen molar-refractivity contribution in [2.24, 2.45) is 0 Å². The van der Waals surface area contributed by atoms with Crippen LogP contribution in [0.2, 0.25) is 0 Å². The van der Waals surface area contributed by atoms with Crippen LogP contribution in [0.4, 0.5) is 8.78 Å². The molecular formula is C10H7F2N3O3S. The molecule has 0 radical (unpaired) electrons. The number of aromatic nitrogens is 3. The minimum absolute atomic E-state index is 0.128. The molecule has 19 heavy (non-hydrogen) atoms. The first-order valence-electron chi connectivity index (χ1n) is 4.97. The molecule has 2 aromatic rings. The van der Waals surface area contributed by atoms with Crippen molar-refractivity contribution in [1.29, 1.82) is 0 Å². The Morgan fingerprint density at radius 1 is 1.42 bits per heavy atom. The summed E-state index contributed by atoms with van der Waals surface area (Å²) in [4.78, 5) is 22.0. The average Bonchev–Trinajstić information content (AvgIpc) is 2.69. The lowest BCUT2D eigenvalue weighted by Crippen LogP contribution is -2.18. The van der Waals surface area contributed by atoms with Crippen molar-refractivity contribution in [3.05, 3.63) is 40.3 Å². The smallest absolute Gasteiger partial charge is 0.348 e. The summed E-state index contributed by atoms with van der Waals surface area (Å²) in [7, 11) is 0. The lowest BCUT2D eigenvalue weighted by atomic mass is 10.3. The Balaban J connectivity index is 2.53. The number of hydrogen-bond donors (Lipinski definition) is 2. The minimum atomic E-state index is -1.14. The van der Waals surface area contributed by atoms with E-state index in [4.69, 9.17) is 5.11 Å². The highest BCUT2D eigenvalue weighted by Gasteiger charge is 2.19. The third kappa shape index (κ3) is 2.65. The number of benzene rings is 1. The van der Waals surface area contributed by atoms with Gasteiger partial charge in [-0.3, -0.25) is 4.79 Å². The molecule has 6 nitrogen and oxygen atoms in total. The molecule has 0 fully saturated rings. The summed E-state index contributed by atoms with van der Waals surface area (Å²) in [6.07, 6.45) is 0. The molecule has 2 N–H and O–H groups in total. The van der Waals surface area contributed by atoms with E-state index in [1.54, 1.807) is 0 Å². The predicted molar refractivity (Wildman–Crippen MR) is 62.5 cm³/mol. The molecule has 0 aliphatic carbocycles. The van der Waals surface area contributed by atoms with Crippen LogP contribution in [-0.2, 0) is 4.79 Å². The average molecular weight is 287 g/mol. The standard InChI is InChI=1S/C10H7F2N3O3S/c11-5-2-1-3-6(12)8(5)15-9(18)13-14-10(15)19-4-7(16)17/h1-3H,4H2,(H,13,18)(H,16,17). The van der Waals surface area contributed by atoms with E-state index in [0.717, 1.165) is 18.2 Å². The van der Waals surface area contributed by atoms with Crippen LogP contribution in [0, 0.1) is 11.6 Å². The fourth-order valence-electron chi connectivity index (χ4n) is 1.41. The van der Waals surface area contributed by atoms with Gasteiger partial charge in [-0.1, -0.05) is 17.8 Å². The maximum Gasteiger partial charge on any atom is 0.348 e. The van der Waals surface area contributed by atoms with E-state index in [9.17, 15) is 18.4 Å². The Morgan fingerprint density at radius 2 is 2.05 bits per heavy atom. The van der Waals surface area contributed by atoms with Gasteiger partial charge in [0.25, 0.3) is 0 Å². The minimum Gasteiger partial charge on any atom is -0.481 e. The Kier molecular flexibility index (Phi) is 3.65. The number of H-pyrrole nitrogens is 1. The summed E-state index contributed by atoms with van der Waals surface area (Å²) in [6, 6.07) is 3.14. The SMILES string of the molecule is O=C(O)CSc1n[nH]c(=O)n1-c1c(F)cccc1F. The molecule has 0 saturated heterocycles. The molecule has 1 aromatic heterocycles. The number of hydrogen-bond acceptors (Lipinski definition) is 4. The molecule has 9 heteroatoms. The highest BCUT2D eigenvalue weighted by atomic mass is 32.2. The van der Waals surface area contributed by atoms with Crippen LogP contribution in [0.15, 0.2) is 28.2 Å². The van der Waals surface area contributed by atoms with Crippen molar-refractivity contribution < 1.29 is 18.7 Å². The Hall–Kier alpha value is -2.16. The number of nitrogens with zero attached hydrogens (tertiary/aromatic N) is 2. The van der Waals surface area contributed by atoms with Gasteiger partial charge in [0.15, 0.2) is 5.16 Å². The molecule has 0 saturated carbocycles. The highest BCUT2D eigenvalue weighted by Crippen LogP contribution is 2.21. The summed E-state index contributed by atoms with van der Waals surface area (Å²) in [6.45, 7) is 0. The molecule has 0 spiro atoms. The third-order valence-electron chi connectivity index (χ3n) is 2.13. The maximum absolute atomic E-state index is 13.6. The molecule has 100 valence electrons. The number of carboxylic acids is 1. The molecule has 0 unspecified atom stereocenters. The summed E-state index contributed by atoms with van der Waals surface area (Å²) in [5, 5.41) is 14.0. The fourth-order valence-corrected chi connectivity index (χ4v) is 2.07. The second-order valence-electron chi connectivity index (χ2n) is 3.40. The lowest BCUT2D eigenvalue weighted by molar-refractivity contribution is -0.133. The monoisotopic (exact) mass is 287 g/mol. The van der Waals surface area contributed by atoms with Gasteiger partial charge in [-0.25, -0.2) is 23.2 Å². The van der Waals surface area contributed by atoms with Crippen LogP contribution in [-0.4, -0.2) is 31.6 Å². The van der Waals surface area contributed by atoms with Gasteiger partial charge in [-0.2, -0.15) is 0 Å². The molecule has 0 atom stereocenters. The number of thioether (sulfide) groups is 1. The molecule has 0 aliphatic rings. The van der Waals surface area contributed by atoms with Crippen LogP contribution >= 0.6 is 11.8 Å². The summed E-state index contributed by atoms with van der Waals surface area (Å²) in [5.41, 5.74) is -1.44. The first-order chi connectivity index (χ1) is 9.00. The van der Waals surface area contributed by atoms with Crippen LogP contribution in [0.3, 0.4) is 0 Å². The van der Waals surface area contributed by atoms with E-state index < -0.39 is 29.0 Å². The molecular weight excluding hydrogens is 280 g/mol. The molecule has 0 bridgehead atoms. The zero-order valence-electron chi connectivity index (χ0n) is 9.26. The first-order valence-corrected chi connectivity index (χ1v) is 5.95. The summed E-state index contributed by atoms with van der Waals surface area (Å²) in [5.74, 6) is -3.41. The highest BCUT2D eigenvalue weighted by molar-refractivity contribution is 7.99. The second kappa shape index (κ2) is 5.22. The number of aromatic amines is 1. The molecule has 0 amide bonds. The van der Waals surface area contributed by atoms with Crippen molar-refractivity contribution >= 4 is 17.7 Å². The molecule has 1 heterocycles. The Bertz CT molecular complexity index is 663. The second-order valence-corrected chi connectivity index (χ2v) is 4.34. The number of carboxylic acid groups (broad SMARTS) is 1. The molecule has 2 rings (SSSR count). The van der Waals surface area contributed by atoms with Gasteiger partial charge in [0.2, 0.25) is 0 Å². The normalized spacial score (nSPS) is 10.6. The van der Waals surface area contributed by atoms with Crippen LogP contribution in [0.1, 0.15) is 0 Å². The number of nitrogens with one attached hydrogen (secondary N) is 1. The van der Waals surface area contributed by atoms with Gasteiger partial charge < -0.3 is 5.11 Å². The first kappa shape index (κ1) is 13.3. The van der Waals surface area contributed by atoms with Crippen molar-refractivity contribution in [3.8, 4) is 5.69 Å². The molecule has 0 aliphatic heterocycles. The zero-order chi connectivity index (χ0) is 14.0. The largest absolute Gasteiger partial charge is 0.481 e. The van der Waals surface area contributed by atoms with E-state index in [2.05, 4.69) is 5.10 Å². The van der Waals surface area contributed by atoms with E-state index in [1.807, 2.05) is 5.10 Å². The van der Waals surface area contributed by atoms with Crippen molar-refractivity contribution in [1.82, 2.24) is 14.8 Å². The van der Waals surface area contributed by atoms with Gasteiger partial charge in [0, 0.05) is 0 Å². The van der Waals surface area contributed by atoms with Crippen molar-refractivity contribution in [3.63, 3.8) is 0 Å². The fraction of sp³-hybridized carbons (Fsp3) is 0.100. The van der Waals surface area contributed by atoms with Crippen LogP contribution < -0.4 is 5.69 Å². The van der Waals surface area contributed by atoms with Gasteiger partial charge in [0.05, 0.1) is 5.75 Å². The molecule has 1 aromatic carbocycles. The number of rotatable bonds is 4. The van der Waals surface area contributed by atoms with Gasteiger partial charge >= 0.3 is 11.7 Å². The Labute approximate surface area is 109 Å². The third-order valence-corrected chi connectivity index (χ3v) is 3.05. The number of carbonyl (C=O) groups is 1. The van der Waals surface area contributed by atoms with Gasteiger partial charge in [-0.05, 0) is 12.1 Å². The van der Waals surface area contributed by atoms with E-state index in [1.165, 1.54) is 0 Å². The lowest BCUT2D eigenvalue weighted by Gasteiger charge is -2.06. The van der Waals surface area contributed by atoms with Crippen molar-refractivity contribution in [2.75, 3.05) is 5.75 Å². The van der Waals surface area contributed by atoms with Crippen molar-refractivity contribution in [2.45, 2.75) is 5.16 Å². The van der Waals surface area contributed by atoms with Gasteiger partial charge in [0.1, 0.15) is 17.3 Å². The van der Waals surface area contributed by atoms with E-state index >= 15 is 0 Å². The Morgan fingerprint density at radius 3 is 2.63 bits per heavy atom. The van der Waals surface area contributed by atoms with E-state index in [0.29, 0.717) is 16.3 Å². The topological polar surface area (TPSA) is 88.0 Å². The summed E-state index contributed by atoms with van der Waals surface area (Å²) < 4.78 is 27.9. The predicted octanol–water partition coefficient (Wildman–Crippen LogP) is 1.02. The summed E-state index contributed by atoms with van der Waals surface area (Å²) >= 11 is 0.676.